The molecular formula is C24H36IN3O3. The number of para-hydroxylation sites is 1. The van der Waals surface area contributed by atoms with Crippen LogP contribution in [-0.4, -0.2) is 62.5 Å². The second-order valence-electron chi connectivity index (χ2n) is 8.24. The first-order valence-corrected chi connectivity index (χ1v) is 11.6. The van der Waals surface area contributed by atoms with Crippen molar-refractivity contribution in [1.82, 2.24) is 10.2 Å². The molecule has 2 aromatic rings. The van der Waals surface area contributed by atoms with Crippen molar-refractivity contribution in [3.05, 3.63) is 36.1 Å². The highest BCUT2D eigenvalue weighted by Gasteiger charge is 2.23. The van der Waals surface area contributed by atoms with Crippen molar-refractivity contribution >= 4 is 40.9 Å². The second kappa shape index (κ2) is 12.6. The molecule has 172 valence electrons. The minimum Gasteiger partial charge on any atom is -0.461 e. The Morgan fingerprint density at radius 3 is 2.77 bits per heavy atom. The number of furan rings is 1. The van der Waals surface area contributed by atoms with E-state index in [9.17, 15) is 0 Å². The van der Waals surface area contributed by atoms with Gasteiger partial charge in [0.15, 0.2) is 5.96 Å². The molecule has 2 fully saturated rings. The fourth-order valence-corrected chi connectivity index (χ4v) is 4.27. The van der Waals surface area contributed by atoms with Gasteiger partial charge in [-0.05, 0) is 51.2 Å². The maximum atomic E-state index is 6.15. The lowest BCUT2D eigenvalue weighted by molar-refractivity contribution is -0.0721. The maximum absolute atomic E-state index is 6.15. The van der Waals surface area contributed by atoms with Crippen LogP contribution in [0, 0.1) is 0 Å². The van der Waals surface area contributed by atoms with Crippen LogP contribution in [0.25, 0.3) is 11.0 Å². The molecule has 0 amide bonds. The molecule has 0 saturated carbocycles. The number of likely N-dealkylation sites (tertiary alicyclic amines) is 1. The summed E-state index contributed by atoms with van der Waals surface area (Å²) in [4.78, 5) is 7.22. The van der Waals surface area contributed by atoms with E-state index < -0.39 is 0 Å². The number of guanidine groups is 1. The van der Waals surface area contributed by atoms with Crippen molar-refractivity contribution in [2.24, 2.45) is 4.99 Å². The van der Waals surface area contributed by atoms with Gasteiger partial charge in [-0.25, -0.2) is 0 Å². The first-order chi connectivity index (χ1) is 14.8. The van der Waals surface area contributed by atoms with Crippen LogP contribution in [0.3, 0.4) is 0 Å². The SMILES string of the molecule is CCNC(=NCCc1cc2ccccc2o1)N1CCC(OCC2CCCCO2)CC1.I. The van der Waals surface area contributed by atoms with Gasteiger partial charge < -0.3 is 24.1 Å². The van der Waals surface area contributed by atoms with Gasteiger partial charge in [0.2, 0.25) is 0 Å². The molecule has 7 heteroatoms. The van der Waals surface area contributed by atoms with Gasteiger partial charge in [0.1, 0.15) is 11.3 Å². The summed E-state index contributed by atoms with van der Waals surface area (Å²) in [5.74, 6) is 2.00. The van der Waals surface area contributed by atoms with Gasteiger partial charge in [-0.15, -0.1) is 24.0 Å². The first kappa shape index (κ1) is 24.3. The predicted molar refractivity (Wildman–Crippen MR) is 135 cm³/mol. The first-order valence-electron chi connectivity index (χ1n) is 11.6. The summed E-state index contributed by atoms with van der Waals surface area (Å²) in [7, 11) is 0. The van der Waals surface area contributed by atoms with E-state index >= 15 is 0 Å². The second-order valence-corrected chi connectivity index (χ2v) is 8.24. The van der Waals surface area contributed by atoms with E-state index in [2.05, 4.69) is 29.3 Å². The highest BCUT2D eigenvalue weighted by molar-refractivity contribution is 14.0. The van der Waals surface area contributed by atoms with Crippen LogP contribution in [0.5, 0.6) is 0 Å². The third-order valence-electron chi connectivity index (χ3n) is 5.96. The fraction of sp³-hybridized carbons (Fsp3) is 0.625. The van der Waals surface area contributed by atoms with Gasteiger partial charge in [0, 0.05) is 44.6 Å². The number of fused-ring (bicyclic) bond motifs is 1. The van der Waals surface area contributed by atoms with Crippen LogP contribution in [0.4, 0.5) is 0 Å². The molecule has 0 aliphatic carbocycles. The molecule has 0 bridgehead atoms. The van der Waals surface area contributed by atoms with Crippen molar-refractivity contribution in [2.75, 3.05) is 39.4 Å². The Labute approximate surface area is 202 Å². The summed E-state index contributed by atoms with van der Waals surface area (Å²) in [5, 5.41) is 4.60. The molecule has 1 aromatic carbocycles. The van der Waals surface area contributed by atoms with Crippen molar-refractivity contribution in [3.8, 4) is 0 Å². The fourth-order valence-electron chi connectivity index (χ4n) is 4.27. The number of hydrogen-bond acceptors (Lipinski definition) is 4. The van der Waals surface area contributed by atoms with Gasteiger partial charge in [-0.2, -0.15) is 0 Å². The van der Waals surface area contributed by atoms with Gasteiger partial charge in [-0.3, -0.25) is 4.99 Å². The smallest absolute Gasteiger partial charge is 0.193 e. The lowest BCUT2D eigenvalue weighted by Crippen LogP contribution is -2.47. The lowest BCUT2D eigenvalue weighted by atomic mass is 10.1. The van der Waals surface area contributed by atoms with Crippen LogP contribution in [0.1, 0.15) is 44.8 Å². The number of nitrogens with zero attached hydrogens (tertiary/aromatic N) is 2. The molecule has 0 spiro atoms. The molecule has 1 atom stereocenters. The van der Waals surface area contributed by atoms with Crippen LogP contribution in [0.2, 0.25) is 0 Å². The van der Waals surface area contributed by atoms with Gasteiger partial charge in [0.25, 0.3) is 0 Å². The normalized spacial score (nSPS) is 20.6. The number of nitrogens with one attached hydrogen (secondary N) is 1. The Hall–Kier alpha value is -1.32. The number of piperidine rings is 1. The molecule has 6 nitrogen and oxygen atoms in total. The number of benzene rings is 1. The monoisotopic (exact) mass is 541 g/mol. The minimum atomic E-state index is 0. The van der Waals surface area contributed by atoms with Crippen molar-refractivity contribution in [2.45, 2.75) is 57.7 Å². The highest BCUT2D eigenvalue weighted by Crippen LogP contribution is 2.20. The van der Waals surface area contributed by atoms with E-state index in [1.807, 2.05) is 18.2 Å². The summed E-state index contributed by atoms with van der Waals surface area (Å²) in [6.45, 7) is 7.31. The Kier molecular flexibility index (Phi) is 9.93. The summed E-state index contributed by atoms with van der Waals surface area (Å²) < 4.78 is 17.9. The summed E-state index contributed by atoms with van der Waals surface area (Å²) in [6.07, 6.45) is 7.13. The highest BCUT2D eigenvalue weighted by atomic mass is 127. The van der Waals surface area contributed by atoms with Crippen molar-refractivity contribution in [3.63, 3.8) is 0 Å². The molecule has 1 aromatic heterocycles. The molecule has 1 N–H and O–H groups in total. The van der Waals surface area contributed by atoms with E-state index in [1.165, 1.54) is 12.8 Å². The predicted octanol–water partition coefficient (Wildman–Crippen LogP) is 4.61. The molecular weight excluding hydrogens is 505 g/mol. The van der Waals surface area contributed by atoms with E-state index in [0.29, 0.717) is 12.2 Å². The van der Waals surface area contributed by atoms with Gasteiger partial charge in [0.05, 0.1) is 18.8 Å². The summed E-state index contributed by atoms with van der Waals surface area (Å²) in [6, 6.07) is 10.3. The van der Waals surface area contributed by atoms with Crippen LogP contribution in [-0.2, 0) is 15.9 Å². The number of hydrogen-bond donors (Lipinski definition) is 1. The molecule has 31 heavy (non-hydrogen) atoms. The van der Waals surface area contributed by atoms with Crippen LogP contribution < -0.4 is 5.32 Å². The summed E-state index contributed by atoms with van der Waals surface area (Å²) >= 11 is 0. The molecule has 4 rings (SSSR count). The van der Waals surface area contributed by atoms with Crippen LogP contribution in [0.15, 0.2) is 39.7 Å². The molecule has 1 unspecified atom stereocenters. The van der Waals surface area contributed by atoms with Gasteiger partial charge in [-0.1, -0.05) is 18.2 Å². The van der Waals surface area contributed by atoms with Gasteiger partial charge >= 0.3 is 0 Å². The Bertz CT molecular complexity index is 778. The number of rotatable bonds is 7. The number of ether oxygens (including phenoxy) is 2. The topological polar surface area (TPSA) is 59.2 Å². The minimum absolute atomic E-state index is 0. The zero-order valence-corrected chi connectivity index (χ0v) is 20.9. The average Bonchev–Trinajstić information content (AvgIpc) is 3.21. The molecule has 0 radical (unpaired) electrons. The quantitative estimate of drug-likeness (QED) is 0.315. The van der Waals surface area contributed by atoms with E-state index in [1.54, 1.807) is 0 Å². The third kappa shape index (κ3) is 7.08. The molecule has 2 aliphatic rings. The number of aliphatic imine (C=N–C) groups is 1. The lowest BCUT2D eigenvalue weighted by Gasteiger charge is -2.35. The molecule has 2 saturated heterocycles. The van der Waals surface area contributed by atoms with Crippen LogP contribution >= 0.6 is 24.0 Å². The maximum Gasteiger partial charge on any atom is 0.193 e. The standard InChI is InChI=1S/C24H35N3O3.HI/c1-2-25-24(26-13-10-21-17-19-7-3-4-9-23(19)30-21)27-14-11-20(12-15-27)29-18-22-8-5-6-16-28-22;/h3-4,7,9,17,20,22H,2,5-6,8,10-16,18H2,1H3,(H,25,26);1H. The zero-order chi connectivity index (χ0) is 20.6. The number of halogens is 1. The van der Waals surface area contributed by atoms with E-state index in [4.69, 9.17) is 18.9 Å². The molecule has 2 aliphatic heterocycles. The Morgan fingerprint density at radius 2 is 2.03 bits per heavy atom. The summed E-state index contributed by atoms with van der Waals surface area (Å²) in [5.41, 5.74) is 0.948. The van der Waals surface area contributed by atoms with Crippen molar-refractivity contribution in [1.29, 1.82) is 0 Å². The third-order valence-corrected chi connectivity index (χ3v) is 5.96. The zero-order valence-electron chi connectivity index (χ0n) is 18.6. The Balaban J connectivity index is 0.00000272. The average molecular weight is 541 g/mol. The molecule has 3 heterocycles. The van der Waals surface area contributed by atoms with E-state index in [-0.39, 0.29) is 24.0 Å². The van der Waals surface area contributed by atoms with E-state index in [0.717, 1.165) is 87.8 Å². The Morgan fingerprint density at radius 1 is 1.19 bits per heavy atom. The largest absolute Gasteiger partial charge is 0.461 e. The van der Waals surface area contributed by atoms with Crippen molar-refractivity contribution < 1.29 is 13.9 Å².